The van der Waals surface area contributed by atoms with Crippen molar-refractivity contribution in [1.29, 1.82) is 0 Å². The van der Waals surface area contributed by atoms with Crippen molar-refractivity contribution in [3.63, 3.8) is 0 Å². The fourth-order valence-corrected chi connectivity index (χ4v) is 2.34. The average Bonchev–Trinajstić information content (AvgIpc) is 2.41. The van der Waals surface area contributed by atoms with Crippen molar-refractivity contribution < 1.29 is 9.50 Å². The van der Waals surface area contributed by atoms with Crippen LogP contribution in [0.5, 0.6) is 5.75 Å². The number of benzene rings is 2. The van der Waals surface area contributed by atoms with E-state index in [1.54, 1.807) is 24.3 Å². The molecule has 0 spiro atoms. The lowest BCUT2D eigenvalue weighted by Crippen LogP contribution is -2.30. The Labute approximate surface area is 119 Å². The Hall–Kier alpha value is -1.87. The van der Waals surface area contributed by atoms with Gasteiger partial charge in [0.1, 0.15) is 11.6 Å². The molecule has 0 aliphatic heterocycles. The zero-order valence-electron chi connectivity index (χ0n) is 11.8. The number of phenols is 1. The highest BCUT2D eigenvalue weighted by Crippen LogP contribution is 2.16. The van der Waals surface area contributed by atoms with Crippen LogP contribution in [0, 0.1) is 5.82 Å². The Morgan fingerprint density at radius 3 is 2.45 bits per heavy atom. The summed E-state index contributed by atoms with van der Waals surface area (Å²) in [7, 11) is 0. The predicted molar refractivity (Wildman–Crippen MR) is 79.2 cm³/mol. The molecule has 2 N–H and O–H groups in total. The van der Waals surface area contributed by atoms with Gasteiger partial charge in [0, 0.05) is 12.1 Å². The summed E-state index contributed by atoms with van der Waals surface area (Å²) in [6.07, 6.45) is 0.861. The Bertz CT molecular complexity index is 553. The number of aromatic hydroxyl groups is 1. The average molecular weight is 273 g/mol. The van der Waals surface area contributed by atoms with Crippen LogP contribution in [0.25, 0.3) is 0 Å². The highest BCUT2D eigenvalue weighted by atomic mass is 19.1. The van der Waals surface area contributed by atoms with Gasteiger partial charge in [0.15, 0.2) is 0 Å². The molecular formula is C17H20FNO. The van der Waals surface area contributed by atoms with Crippen LogP contribution in [0.15, 0.2) is 48.5 Å². The largest absolute Gasteiger partial charge is 0.508 e. The van der Waals surface area contributed by atoms with Crippen LogP contribution in [-0.2, 0) is 6.42 Å². The highest BCUT2D eigenvalue weighted by molar-refractivity contribution is 5.26. The van der Waals surface area contributed by atoms with E-state index in [1.807, 2.05) is 25.1 Å². The van der Waals surface area contributed by atoms with E-state index in [-0.39, 0.29) is 23.7 Å². The quantitative estimate of drug-likeness (QED) is 0.868. The number of hydrogen-bond acceptors (Lipinski definition) is 2. The van der Waals surface area contributed by atoms with Crippen LogP contribution < -0.4 is 5.32 Å². The lowest BCUT2D eigenvalue weighted by atomic mass is 10.0. The maximum atomic E-state index is 13.2. The van der Waals surface area contributed by atoms with Crippen molar-refractivity contribution in [2.75, 3.05) is 0 Å². The van der Waals surface area contributed by atoms with Crippen molar-refractivity contribution in [2.24, 2.45) is 0 Å². The summed E-state index contributed by atoms with van der Waals surface area (Å²) >= 11 is 0. The fraction of sp³-hybridized carbons (Fsp3) is 0.294. The third kappa shape index (κ3) is 4.07. The second-order valence-electron chi connectivity index (χ2n) is 5.21. The van der Waals surface area contributed by atoms with E-state index in [2.05, 4.69) is 12.2 Å². The highest BCUT2D eigenvalue weighted by Gasteiger charge is 2.10. The normalized spacial score (nSPS) is 13.9. The SMILES string of the molecule is CC(Cc1ccc(O)cc1)N[C@@H](C)c1cccc(F)c1. The van der Waals surface area contributed by atoms with Crippen LogP contribution in [0.4, 0.5) is 4.39 Å². The minimum absolute atomic E-state index is 0.0952. The first-order chi connectivity index (χ1) is 9.54. The molecule has 1 unspecified atom stereocenters. The second-order valence-corrected chi connectivity index (χ2v) is 5.21. The van der Waals surface area contributed by atoms with E-state index in [1.165, 1.54) is 6.07 Å². The summed E-state index contributed by atoms with van der Waals surface area (Å²) in [6.45, 7) is 4.13. The van der Waals surface area contributed by atoms with Gasteiger partial charge in [-0.1, -0.05) is 24.3 Å². The smallest absolute Gasteiger partial charge is 0.123 e. The van der Waals surface area contributed by atoms with Gasteiger partial charge in [-0.05, 0) is 55.7 Å². The molecule has 0 saturated carbocycles. The molecule has 0 aromatic heterocycles. The molecule has 2 atom stereocenters. The van der Waals surface area contributed by atoms with E-state index >= 15 is 0 Å². The van der Waals surface area contributed by atoms with Crippen LogP contribution in [0.1, 0.15) is 31.0 Å². The first-order valence-corrected chi connectivity index (χ1v) is 6.84. The van der Waals surface area contributed by atoms with E-state index < -0.39 is 0 Å². The molecule has 2 aromatic rings. The monoisotopic (exact) mass is 273 g/mol. The van der Waals surface area contributed by atoms with Gasteiger partial charge in [0.2, 0.25) is 0 Å². The van der Waals surface area contributed by atoms with Crippen molar-refractivity contribution in [3.8, 4) is 5.75 Å². The van der Waals surface area contributed by atoms with E-state index in [0.29, 0.717) is 0 Å². The third-order valence-corrected chi connectivity index (χ3v) is 3.36. The Morgan fingerprint density at radius 2 is 1.80 bits per heavy atom. The molecule has 2 aromatic carbocycles. The van der Waals surface area contributed by atoms with Gasteiger partial charge in [-0.25, -0.2) is 4.39 Å². The standard InChI is InChI=1S/C17H20FNO/c1-12(10-14-6-8-17(20)9-7-14)19-13(2)15-4-3-5-16(18)11-15/h3-9,11-13,19-20H,10H2,1-2H3/t12?,13-/m0/s1. The molecule has 106 valence electrons. The van der Waals surface area contributed by atoms with Gasteiger partial charge < -0.3 is 10.4 Å². The Kier molecular flexibility index (Phi) is 4.74. The topological polar surface area (TPSA) is 32.3 Å². The number of halogens is 1. The van der Waals surface area contributed by atoms with Gasteiger partial charge in [-0.15, -0.1) is 0 Å². The minimum Gasteiger partial charge on any atom is -0.508 e. The molecule has 20 heavy (non-hydrogen) atoms. The molecule has 3 heteroatoms. The van der Waals surface area contributed by atoms with Gasteiger partial charge in [0.25, 0.3) is 0 Å². The Morgan fingerprint density at radius 1 is 1.10 bits per heavy atom. The molecule has 0 amide bonds. The Balaban J connectivity index is 1.93. The number of hydrogen-bond donors (Lipinski definition) is 2. The van der Waals surface area contributed by atoms with Crippen molar-refractivity contribution in [3.05, 3.63) is 65.5 Å². The van der Waals surface area contributed by atoms with E-state index in [0.717, 1.165) is 17.5 Å². The third-order valence-electron chi connectivity index (χ3n) is 3.36. The predicted octanol–water partition coefficient (Wildman–Crippen LogP) is 3.81. The van der Waals surface area contributed by atoms with Crippen molar-refractivity contribution in [2.45, 2.75) is 32.4 Å². The van der Waals surface area contributed by atoms with E-state index in [4.69, 9.17) is 0 Å². The molecule has 0 aliphatic rings. The zero-order valence-corrected chi connectivity index (χ0v) is 11.8. The van der Waals surface area contributed by atoms with Crippen molar-refractivity contribution in [1.82, 2.24) is 5.32 Å². The van der Waals surface area contributed by atoms with Crippen LogP contribution >= 0.6 is 0 Å². The number of phenolic OH excluding ortho intramolecular Hbond substituents is 1. The first-order valence-electron chi connectivity index (χ1n) is 6.84. The van der Waals surface area contributed by atoms with Gasteiger partial charge in [-0.3, -0.25) is 0 Å². The summed E-state index contributed by atoms with van der Waals surface area (Å²) in [4.78, 5) is 0. The molecule has 0 fully saturated rings. The van der Waals surface area contributed by atoms with E-state index in [9.17, 15) is 9.50 Å². The first kappa shape index (κ1) is 14.5. The summed E-state index contributed by atoms with van der Waals surface area (Å²) in [5, 5.41) is 12.7. The molecule has 2 nitrogen and oxygen atoms in total. The lowest BCUT2D eigenvalue weighted by Gasteiger charge is -2.20. The molecule has 0 heterocycles. The van der Waals surface area contributed by atoms with Gasteiger partial charge in [-0.2, -0.15) is 0 Å². The van der Waals surface area contributed by atoms with Crippen LogP contribution in [-0.4, -0.2) is 11.1 Å². The molecule has 0 bridgehead atoms. The summed E-state index contributed by atoms with van der Waals surface area (Å²) in [5.41, 5.74) is 2.11. The molecule has 2 rings (SSSR count). The van der Waals surface area contributed by atoms with Gasteiger partial charge >= 0.3 is 0 Å². The summed E-state index contributed by atoms with van der Waals surface area (Å²) in [6, 6.07) is 14.2. The molecular weight excluding hydrogens is 253 g/mol. The lowest BCUT2D eigenvalue weighted by molar-refractivity contribution is 0.469. The van der Waals surface area contributed by atoms with Crippen molar-refractivity contribution >= 4 is 0 Å². The minimum atomic E-state index is -0.206. The maximum absolute atomic E-state index is 13.2. The number of nitrogens with one attached hydrogen (secondary N) is 1. The maximum Gasteiger partial charge on any atom is 0.123 e. The summed E-state index contributed by atoms with van der Waals surface area (Å²) < 4.78 is 13.2. The number of rotatable bonds is 5. The second kappa shape index (κ2) is 6.53. The fourth-order valence-electron chi connectivity index (χ4n) is 2.34. The molecule has 0 saturated heterocycles. The zero-order chi connectivity index (χ0) is 14.5. The summed E-state index contributed by atoms with van der Waals surface area (Å²) in [5.74, 6) is 0.0739. The molecule has 0 aliphatic carbocycles. The van der Waals surface area contributed by atoms with Crippen LogP contribution in [0.2, 0.25) is 0 Å². The van der Waals surface area contributed by atoms with Crippen LogP contribution in [0.3, 0.4) is 0 Å². The van der Waals surface area contributed by atoms with Gasteiger partial charge in [0.05, 0.1) is 0 Å². The molecule has 0 radical (unpaired) electrons.